The van der Waals surface area contributed by atoms with Gasteiger partial charge in [-0.05, 0) is 85.5 Å². The molecule has 0 fully saturated rings. The van der Waals surface area contributed by atoms with E-state index in [1.165, 1.54) is 86.6 Å². The normalized spacial score (nSPS) is 11.8. The highest BCUT2D eigenvalue weighted by atomic mass is 28.3. The van der Waals surface area contributed by atoms with Crippen LogP contribution in [0.2, 0.25) is 0 Å². The van der Waals surface area contributed by atoms with Gasteiger partial charge in [-0.25, -0.2) is 0 Å². The van der Waals surface area contributed by atoms with Gasteiger partial charge in [0.2, 0.25) is 0 Å². The minimum Gasteiger partial charge on any atom is -0.309 e. The Morgan fingerprint density at radius 1 is 0.254 bits per heavy atom. The van der Waals surface area contributed by atoms with E-state index < -0.39 is 8.07 Å². The van der Waals surface area contributed by atoms with E-state index in [2.05, 4.69) is 264 Å². The fourth-order valence-corrected chi connectivity index (χ4v) is 15.3. The number of rotatable bonds is 8. The number of benzene rings is 10. The van der Waals surface area contributed by atoms with Gasteiger partial charge in [0.15, 0.2) is 8.07 Å². The number of hydrogen-bond donors (Lipinski definition) is 0. The van der Waals surface area contributed by atoms with Crippen molar-refractivity contribution in [2.24, 2.45) is 0 Å². The molecule has 0 N–H and O–H groups in total. The topological polar surface area (TPSA) is 9.86 Å². The zero-order valence-corrected chi connectivity index (χ0v) is 35.6. The van der Waals surface area contributed by atoms with Crippen molar-refractivity contribution in [1.82, 2.24) is 9.13 Å². The summed E-state index contributed by atoms with van der Waals surface area (Å²) < 4.78 is 4.94. The van der Waals surface area contributed by atoms with Crippen molar-refractivity contribution in [3.8, 4) is 33.6 Å². The van der Waals surface area contributed by atoms with Gasteiger partial charge >= 0.3 is 0 Å². The van der Waals surface area contributed by atoms with Crippen molar-refractivity contribution in [1.29, 1.82) is 0 Å². The summed E-state index contributed by atoms with van der Waals surface area (Å²) >= 11 is 0. The molecule has 12 rings (SSSR count). The molecule has 0 unspecified atom stereocenters. The summed E-state index contributed by atoms with van der Waals surface area (Å²) in [5, 5.41) is 10.5. The highest BCUT2D eigenvalue weighted by molar-refractivity contribution is 7.20. The van der Waals surface area contributed by atoms with Gasteiger partial charge in [0.25, 0.3) is 0 Å². The third kappa shape index (κ3) is 5.93. The molecule has 3 heteroatoms. The van der Waals surface area contributed by atoms with E-state index in [4.69, 9.17) is 0 Å². The number of hydrogen-bond acceptors (Lipinski definition) is 0. The van der Waals surface area contributed by atoms with Gasteiger partial charge in [-0.2, -0.15) is 0 Å². The second kappa shape index (κ2) is 15.2. The van der Waals surface area contributed by atoms with Crippen molar-refractivity contribution in [2.75, 3.05) is 0 Å². The van der Waals surface area contributed by atoms with Gasteiger partial charge in [0.05, 0.1) is 22.1 Å². The van der Waals surface area contributed by atoms with Crippen molar-refractivity contribution in [3.05, 3.63) is 255 Å². The van der Waals surface area contributed by atoms with Crippen LogP contribution in [0, 0.1) is 0 Å². The lowest BCUT2D eigenvalue weighted by Gasteiger charge is -2.35. The number of nitrogens with zero attached hydrogens (tertiary/aromatic N) is 2. The predicted molar refractivity (Wildman–Crippen MR) is 270 cm³/mol. The van der Waals surface area contributed by atoms with E-state index in [-0.39, 0.29) is 0 Å². The van der Waals surface area contributed by atoms with E-state index in [9.17, 15) is 0 Å². The first kappa shape index (κ1) is 36.8. The van der Waals surface area contributed by atoms with Gasteiger partial charge in [-0.15, -0.1) is 0 Å². The summed E-state index contributed by atoms with van der Waals surface area (Å²) in [5.41, 5.74) is 11.9. The summed E-state index contributed by atoms with van der Waals surface area (Å²) in [5.74, 6) is 0. The third-order valence-corrected chi connectivity index (χ3v) is 17.9. The summed E-state index contributed by atoms with van der Waals surface area (Å²) in [6.07, 6.45) is 0. The summed E-state index contributed by atoms with van der Waals surface area (Å²) in [6.45, 7) is 0. The number of aromatic nitrogens is 2. The molecule has 10 aromatic carbocycles. The Morgan fingerprint density at radius 3 is 1.22 bits per heavy atom. The quantitative estimate of drug-likeness (QED) is 0.107. The van der Waals surface area contributed by atoms with E-state index in [0.717, 1.165) is 11.4 Å². The lowest BCUT2D eigenvalue weighted by Crippen LogP contribution is -2.74. The summed E-state index contributed by atoms with van der Waals surface area (Å²) in [4.78, 5) is 0. The Morgan fingerprint density at radius 2 is 0.651 bits per heavy atom. The van der Waals surface area contributed by atoms with Crippen LogP contribution >= 0.6 is 0 Å². The van der Waals surface area contributed by atoms with Gasteiger partial charge in [0.1, 0.15) is 0 Å². The molecule has 0 aliphatic carbocycles. The van der Waals surface area contributed by atoms with Crippen molar-refractivity contribution >= 4 is 72.4 Å². The second-order valence-corrected chi connectivity index (χ2v) is 20.2. The molecule has 0 radical (unpaired) electrons. The van der Waals surface area contributed by atoms with Crippen LogP contribution in [0.3, 0.4) is 0 Å². The van der Waals surface area contributed by atoms with Gasteiger partial charge in [0, 0.05) is 32.9 Å². The van der Waals surface area contributed by atoms with Gasteiger partial charge in [-0.3, -0.25) is 0 Å². The lowest BCUT2D eigenvalue weighted by molar-refractivity contribution is 1.15. The Labute approximate surface area is 368 Å². The highest BCUT2D eigenvalue weighted by Gasteiger charge is 2.43. The van der Waals surface area contributed by atoms with Crippen molar-refractivity contribution in [2.45, 2.75) is 0 Å². The molecular formula is C60H42N2Si. The maximum absolute atomic E-state index is 2.85. The molecule has 2 heterocycles. The second-order valence-electron chi connectivity index (χ2n) is 16.4. The molecule has 0 aliphatic heterocycles. The van der Waals surface area contributed by atoms with E-state index in [1.807, 2.05) is 0 Å². The zero-order chi connectivity index (χ0) is 41.7. The molecular weight excluding hydrogens is 777 g/mol. The SMILES string of the molecule is c1ccc(-c2ccc(-c3ccc(-n4c5ccccc5c5ccc(-n6c7ccccc7c7c([Si](c8ccccc8)(c8ccccc8)c8ccccc8)cccc76)cc54)cc3)cc2)cc1. The first-order valence-electron chi connectivity index (χ1n) is 21.8. The van der Waals surface area contributed by atoms with Crippen LogP contribution in [0.5, 0.6) is 0 Å². The monoisotopic (exact) mass is 818 g/mol. The molecule has 2 nitrogen and oxygen atoms in total. The average Bonchev–Trinajstić information content (AvgIpc) is 3.88. The molecule has 0 amide bonds. The van der Waals surface area contributed by atoms with E-state index in [0.29, 0.717) is 0 Å². The molecule has 0 aliphatic rings. The molecule has 0 saturated carbocycles. The number of para-hydroxylation sites is 2. The zero-order valence-electron chi connectivity index (χ0n) is 34.6. The molecule has 2 aromatic heterocycles. The molecule has 0 atom stereocenters. The smallest absolute Gasteiger partial charge is 0.180 e. The largest absolute Gasteiger partial charge is 0.309 e. The Balaban J connectivity index is 1.06. The van der Waals surface area contributed by atoms with Gasteiger partial charge in [-0.1, -0.05) is 212 Å². The van der Waals surface area contributed by atoms with E-state index >= 15 is 0 Å². The van der Waals surface area contributed by atoms with Gasteiger partial charge < -0.3 is 9.13 Å². The minimum absolute atomic E-state index is 1.14. The van der Waals surface area contributed by atoms with Crippen molar-refractivity contribution < 1.29 is 0 Å². The van der Waals surface area contributed by atoms with Crippen LogP contribution in [0.1, 0.15) is 0 Å². The third-order valence-electron chi connectivity index (χ3n) is 13.1. The maximum Gasteiger partial charge on any atom is 0.180 e. The van der Waals surface area contributed by atoms with Crippen LogP contribution in [0.25, 0.3) is 77.2 Å². The average molecular weight is 819 g/mol. The first-order valence-corrected chi connectivity index (χ1v) is 23.8. The first-order chi connectivity index (χ1) is 31.3. The fourth-order valence-electron chi connectivity index (χ4n) is 10.3. The number of fused-ring (bicyclic) bond motifs is 6. The molecule has 296 valence electrons. The standard InChI is InChI=1S/C60H42N2Si/c1-5-18-43(19-6-1)44-32-34-45(35-33-44)46-36-38-47(39-37-46)61-55-28-15-13-26-52(55)53-41-40-48(42-58(53)61)62-56-29-16-14-27-54(56)60-57(62)30-17-31-59(60)63(49-20-7-2-8-21-49,50-22-9-3-10-23-50)51-24-11-4-12-25-51/h1-42H. The molecule has 63 heavy (non-hydrogen) atoms. The Bertz CT molecular complexity index is 3480. The van der Waals surface area contributed by atoms with Crippen LogP contribution < -0.4 is 20.7 Å². The minimum atomic E-state index is -2.85. The van der Waals surface area contributed by atoms with Crippen molar-refractivity contribution in [3.63, 3.8) is 0 Å². The van der Waals surface area contributed by atoms with E-state index in [1.54, 1.807) is 0 Å². The highest BCUT2D eigenvalue weighted by Crippen LogP contribution is 2.37. The summed E-state index contributed by atoms with van der Waals surface area (Å²) in [6, 6.07) is 94.2. The Hall–Kier alpha value is -7.98. The predicted octanol–water partition coefficient (Wildman–Crippen LogP) is 12.6. The van der Waals surface area contributed by atoms with Crippen LogP contribution in [-0.4, -0.2) is 17.2 Å². The summed E-state index contributed by atoms with van der Waals surface area (Å²) in [7, 11) is -2.85. The van der Waals surface area contributed by atoms with Crippen LogP contribution in [0.4, 0.5) is 0 Å². The maximum atomic E-state index is 2.50. The van der Waals surface area contributed by atoms with Crippen LogP contribution in [-0.2, 0) is 0 Å². The molecule has 0 saturated heterocycles. The molecule has 0 spiro atoms. The molecule has 12 aromatic rings. The Kier molecular flexibility index (Phi) is 8.87. The molecule has 0 bridgehead atoms. The fraction of sp³-hybridized carbons (Fsp3) is 0. The van der Waals surface area contributed by atoms with Crippen LogP contribution in [0.15, 0.2) is 255 Å². The lowest BCUT2D eigenvalue weighted by atomic mass is 10.0.